The molecule has 1 atom stereocenters. The Bertz CT molecular complexity index is 593. The second-order valence-corrected chi connectivity index (χ2v) is 5.38. The fourth-order valence-electron chi connectivity index (χ4n) is 2.55. The van der Waals surface area contributed by atoms with E-state index in [9.17, 15) is 5.11 Å². The number of H-pyrrole nitrogens is 1. The van der Waals surface area contributed by atoms with E-state index >= 15 is 0 Å². The highest BCUT2D eigenvalue weighted by Gasteiger charge is 2.26. The summed E-state index contributed by atoms with van der Waals surface area (Å²) in [6, 6.07) is 0. The van der Waals surface area contributed by atoms with Crippen molar-refractivity contribution in [3.05, 3.63) is 6.20 Å². The van der Waals surface area contributed by atoms with Gasteiger partial charge < -0.3 is 15.7 Å². The first kappa shape index (κ1) is 12.2. The maximum Gasteiger partial charge on any atom is 0.224 e. The summed E-state index contributed by atoms with van der Waals surface area (Å²) in [5.41, 5.74) is 5.79. The topological polar surface area (TPSA) is 104 Å². The van der Waals surface area contributed by atoms with Gasteiger partial charge in [0.1, 0.15) is 5.82 Å². The Hall–Kier alpha value is -1.89. The molecule has 1 unspecified atom stereocenters. The lowest BCUT2D eigenvalue weighted by molar-refractivity contribution is 0.0481. The first-order valence-corrected chi connectivity index (χ1v) is 6.49. The molecule has 0 amide bonds. The number of nitrogens with two attached hydrogens (primary N) is 1. The van der Waals surface area contributed by atoms with Crippen LogP contribution < -0.4 is 10.6 Å². The van der Waals surface area contributed by atoms with E-state index in [0.29, 0.717) is 5.65 Å². The Morgan fingerprint density at radius 3 is 3.05 bits per heavy atom. The van der Waals surface area contributed by atoms with E-state index in [4.69, 9.17) is 5.73 Å². The minimum atomic E-state index is -0.594. The summed E-state index contributed by atoms with van der Waals surface area (Å²) in [6.45, 7) is 3.49. The molecular weight excluding hydrogens is 244 g/mol. The number of hydrogen-bond donors (Lipinski definition) is 3. The van der Waals surface area contributed by atoms with Crippen molar-refractivity contribution in [1.29, 1.82) is 0 Å². The highest BCUT2D eigenvalue weighted by atomic mass is 16.3. The molecule has 7 nitrogen and oxygen atoms in total. The van der Waals surface area contributed by atoms with Crippen LogP contribution in [0.25, 0.3) is 11.0 Å². The molecule has 19 heavy (non-hydrogen) atoms. The van der Waals surface area contributed by atoms with Crippen molar-refractivity contribution in [3.63, 3.8) is 0 Å². The number of aromatic nitrogens is 4. The van der Waals surface area contributed by atoms with Gasteiger partial charge in [-0.25, -0.2) is 0 Å². The zero-order valence-corrected chi connectivity index (χ0v) is 10.9. The average molecular weight is 262 g/mol. The molecule has 3 rings (SSSR count). The molecule has 1 saturated heterocycles. The normalized spacial score (nSPS) is 24.6. The van der Waals surface area contributed by atoms with Crippen LogP contribution in [0.3, 0.4) is 0 Å². The quantitative estimate of drug-likeness (QED) is 0.698. The second kappa shape index (κ2) is 4.34. The van der Waals surface area contributed by atoms with E-state index in [0.717, 1.165) is 43.6 Å². The van der Waals surface area contributed by atoms with Gasteiger partial charge in [0.05, 0.1) is 17.2 Å². The number of nitrogens with zero attached hydrogens (tertiary/aromatic N) is 4. The second-order valence-electron chi connectivity index (χ2n) is 5.38. The maximum atomic E-state index is 10.1. The molecule has 1 aliphatic rings. The van der Waals surface area contributed by atoms with Gasteiger partial charge in [-0.3, -0.25) is 5.10 Å². The summed E-state index contributed by atoms with van der Waals surface area (Å²) in [5, 5.41) is 17.8. The molecule has 2 aromatic rings. The van der Waals surface area contributed by atoms with Gasteiger partial charge in [0.25, 0.3) is 0 Å². The van der Waals surface area contributed by atoms with Crippen molar-refractivity contribution in [2.45, 2.75) is 31.8 Å². The molecule has 0 aliphatic carbocycles. The molecule has 0 spiro atoms. The zero-order valence-electron chi connectivity index (χ0n) is 10.9. The minimum Gasteiger partial charge on any atom is -0.390 e. The Morgan fingerprint density at radius 1 is 1.37 bits per heavy atom. The van der Waals surface area contributed by atoms with Gasteiger partial charge in [-0.1, -0.05) is 0 Å². The molecule has 0 saturated carbocycles. The number of anilines is 2. The lowest BCUT2D eigenvalue weighted by atomic mass is 9.98. The van der Waals surface area contributed by atoms with Crippen LogP contribution in [0, 0.1) is 0 Å². The number of fused-ring (bicyclic) bond motifs is 1. The van der Waals surface area contributed by atoms with E-state index in [-0.39, 0.29) is 5.95 Å². The Labute approximate surface area is 110 Å². The first-order chi connectivity index (χ1) is 9.05. The van der Waals surface area contributed by atoms with Crippen LogP contribution in [0.4, 0.5) is 11.8 Å². The summed E-state index contributed by atoms with van der Waals surface area (Å²) < 4.78 is 0. The van der Waals surface area contributed by atoms with Crippen LogP contribution in [-0.4, -0.2) is 44.0 Å². The third-order valence-corrected chi connectivity index (χ3v) is 3.67. The van der Waals surface area contributed by atoms with Crippen molar-refractivity contribution in [2.75, 3.05) is 23.7 Å². The summed E-state index contributed by atoms with van der Waals surface area (Å²) >= 11 is 0. The number of aliphatic hydroxyl groups is 1. The molecule has 3 heterocycles. The van der Waals surface area contributed by atoms with Crippen LogP contribution in [0.15, 0.2) is 6.20 Å². The lowest BCUT2D eigenvalue weighted by Gasteiger charge is -2.23. The summed E-state index contributed by atoms with van der Waals surface area (Å²) in [4.78, 5) is 10.6. The van der Waals surface area contributed by atoms with Crippen molar-refractivity contribution in [2.24, 2.45) is 0 Å². The largest absolute Gasteiger partial charge is 0.390 e. The first-order valence-electron chi connectivity index (χ1n) is 6.49. The molecule has 2 aromatic heterocycles. The Kier molecular flexibility index (Phi) is 2.78. The smallest absolute Gasteiger partial charge is 0.224 e. The fourth-order valence-corrected chi connectivity index (χ4v) is 2.55. The van der Waals surface area contributed by atoms with Gasteiger partial charge >= 0.3 is 0 Å². The zero-order chi connectivity index (χ0) is 13.5. The van der Waals surface area contributed by atoms with Crippen LogP contribution in [0.1, 0.15) is 26.2 Å². The molecule has 1 fully saturated rings. The predicted octanol–water partition coefficient (Wildman–Crippen LogP) is 0.676. The van der Waals surface area contributed by atoms with Gasteiger partial charge in [-0.15, -0.1) is 0 Å². The fraction of sp³-hybridized carbons (Fsp3) is 0.583. The molecular formula is C12H18N6O. The monoisotopic (exact) mass is 262 g/mol. The highest BCUT2D eigenvalue weighted by molar-refractivity contribution is 5.87. The predicted molar refractivity (Wildman–Crippen MR) is 72.8 cm³/mol. The SMILES string of the molecule is CC1(O)CCCN(c2nc(N)nc3[nH]ncc23)CC1. The van der Waals surface area contributed by atoms with E-state index in [1.54, 1.807) is 6.20 Å². The Morgan fingerprint density at radius 2 is 2.21 bits per heavy atom. The van der Waals surface area contributed by atoms with Crippen molar-refractivity contribution < 1.29 is 5.11 Å². The summed E-state index contributed by atoms with van der Waals surface area (Å²) in [6.07, 6.45) is 4.16. The van der Waals surface area contributed by atoms with Gasteiger partial charge in [0.2, 0.25) is 5.95 Å². The van der Waals surface area contributed by atoms with E-state index in [2.05, 4.69) is 25.1 Å². The van der Waals surface area contributed by atoms with Crippen LogP contribution in [0.5, 0.6) is 0 Å². The summed E-state index contributed by atoms with van der Waals surface area (Å²) in [5.74, 6) is 1.04. The molecule has 1 aliphatic heterocycles. The van der Waals surface area contributed by atoms with Crippen LogP contribution in [-0.2, 0) is 0 Å². The number of aromatic amines is 1. The number of hydrogen-bond acceptors (Lipinski definition) is 6. The van der Waals surface area contributed by atoms with Crippen molar-refractivity contribution >= 4 is 22.8 Å². The van der Waals surface area contributed by atoms with Crippen LogP contribution >= 0.6 is 0 Å². The molecule has 4 N–H and O–H groups in total. The summed E-state index contributed by atoms with van der Waals surface area (Å²) in [7, 11) is 0. The van der Waals surface area contributed by atoms with Gasteiger partial charge in [-0.2, -0.15) is 15.1 Å². The van der Waals surface area contributed by atoms with Crippen molar-refractivity contribution in [3.8, 4) is 0 Å². The van der Waals surface area contributed by atoms with E-state index in [1.807, 2.05) is 6.92 Å². The van der Waals surface area contributed by atoms with Crippen LogP contribution in [0.2, 0.25) is 0 Å². The number of rotatable bonds is 1. The molecule has 0 bridgehead atoms. The van der Waals surface area contributed by atoms with E-state index in [1.165, 1.54) is 0 Å². The Balaban J connectivity index is 1.97. The van der Waals surface area contributed by atoms with Crippen molar-refractivity contribution in [1.82, 2.24) is 20.2 Å². The third-order valence-electron chi connectivity index (χ3n) is 3.67. The van der Waals surface area contributed by atoms with Gasteiger partial charge in [0.15, 0.2) is 5.65 Å². The van der Waals surface area contributed by atoms with Gasteiger partial charge in [0, 0.05) is 13.1 Å². The van der Waals surface area contributed by atoms with Gasteiger partial charge in [-0.05, 0) is 26.2 Å². The average Bonchev–Trinajstić information content (AvgIpc) is 2.72. The molecule has 102 valence electrons. The number of nitrogens with one attached hydrogen (secondary N) is 1. The lowest BCUT2D eigenvalue weighted by Crippen LogP contribution is -2.29. The number of nitrogen functional groups attached to an aromatic ring is 1. The molecule has 7 heteroatoms. The molecule has 0 radical (unpaired) electrons. The van der Waals surface area contributed by atoms with E-state index < -0.39 is 5.60 Å². The highest BCUT2D eigenvalue weighted by Crippen LogP contribution is 2.28. The standard InChI is InChI=1S/C12H18N6O/c1-12(19)3-2-5-18(6-4-12)10-8-7-14-17-9(8)15-11(13)16-10/h7,19H,2-6H2,1H3,(H3,13,14,15,16,17). The minimum absolute atomic E-state index is 0.239. The molecule has 0 aromatic carbocycles. The third kappa shape index (κ3) is 2.33. The maximum absolute atomic E-state index is 10.1.